The molecule has 0 spiro atoms. The average molecular weight is 417 g/mol. The van der Waals surface area contributed by atoms with Crippen LogP contribution in [-0.2, 0) is 11.4 Å². The third-order valence-corrected chi connectivity index (χ3v) is 4.33. The van der Waals surface area contributed by atoms with Crippen LogP contribution in [-0.4, -0.2) is 36.5 Å². The molecule has 164 valence electrons. The van der Waals surface area contributed by atoms with Crippen molar-refractivity contribution in [2.45, 2.75) is 40.2 Å². The molecule has 4 N–H and O–H groups in total. The fourth-order valence-corrected chi connectivity index (χ4v) is 2.84. The van der Waals surface area contributed by atoms with Gasteiger partial charge in [0, 0.05) is 30.6 Å². The van der Waals surface area contributed by atoms with Gasteiger partial charge >= 0.3 is 0 Å². The zero-order valence-electron chi connectivity index (χ0n) is 18.0. The molecule has 0 radical (unpaired) electrons. The maximum Gasteiger partial charge on any atom is 0.254 e. The van der Waals surface area contributed by atoms with Crippen LogP contribution < -0.4 is 16.2 Å². The van der Waals surface area contributed by atoms with Crippen molar-refractivity contribution < 1.29 is 18.8 Å². The molecule has 2 aromatic rings. The van der Waals surface area contributed by atoms with E-state index in [0.717, 1.165) is 17.5 Å². The van der Waals surface area contributed by atoms with E-state index in [-0.39, 0.29) is 11.9 Å². The van der Waals surface area contributed by atoms with Crippen molar-refractivity contribution in [2.75, 3.05) is 19.8 Å². The number of oxime groups is 1. The summed E-state index contributed by atoms with van der Waals surface area (Å²) < 4.78 is 11.0. The summed E-state index contributed by atoms with van der Waals surface area (Å²) in [4.78, 5) is 20.0. The Morgan fingerprint density at radius 1 is 1.23 bits per heavy atom. The first-order valence-corrected chi connectivity index (χ1v) is 10.1. The molecule has 0 saturated carbocycles. The molecule has 0 aliphatic heterocycles. The van der Waals surface area contributed by atoms with Gasteiger partial charge in [-0.1, -0.05) is 13.8 Å². The topological polar surface area (TPSA) is 116 Å². The number of carbonyl (C=O) groups is 1. The van der Waals surface area contributed by atoms with Crippen molar-refractivity contribution in [1.82, 2.24) is 4.90 Å². The second-order valence-corrected chi connectivity index (χ2v) is 7.63. The molecule has 0 saturated heterocycles. The van der Waals surface area contributed by atoms with Gasteiger partial charge in [-0.05, 0) is 54.2 Å². The first-order valence-electron chi connectivity index (χ1n) is 10.1. The number of hydrogen-bond donors (Lipinski definition) is 2. The van der Waals surface area contributed by atoms with Gasteiger partial charge in [-0.25, -0.2) is 0 Å². The van der Waals surface area contributed by atoms with Crippen molar-refractivity contribution in [3.63, 3.8) is 0 Å². The third-order valence-electron chi connectivity index (χ3n) is 4.33. The van der Waals surface area contributed by atoms with Gasteiger partial charge in [0.25, 0.3) is 5.91 Å². The highest BCUT2D eigenvalue weighted by molar-refractivity contribution is 5.94. The predicted octanol–water partition coefficient (Wildman–Crippen LogP) is 3.25. The molecule has 8 heteroatoms. The van der Waals surface area contributed by atoms with E-state index in [1.807, 2.05) is 30.0 Å². The number of amides is 1. The van der Waals surface area contributed by atoms with Crippen LogP contribution in [0.15, 0.2) is 46.4 Å². The van der Waals surface area contributed by atoms with Gasteiger partial charge in [-0.15, -0.1) is 0 Å². The largest absolute Gasteiger partial charge is 0.493 e. The van der Waals surface area contributed by atoms with Crippen LogP contribution in [0.25, 0.3) is 0 Å². The summed E-state index contributed by atoms with van der Waals surface area (Å²) in [6.07, 6.45) is 4.82. The maximum absolute atomic E-state index is 13.2. The van der Waals surface area contributed by atoms with Crippen molar-refractivity contribution in [3.8, 4) is 5.75 Å². The minimum atomic E-state index is -0.116. The summed E-state index contributed by atoms with van der Waals surface area (Å²) in [7, 11) is 0. The van der Waals surface area contributed by atoms with Gasteiger partial charge in [-0.3, -0.25) is 4.79 Å². The molecule has 1 aromatic heterocycles. The fraction of sp³-hybridized carbons (Fsp3) is 0.455. The standard InChI is InChI=1S/C22H32N4O4/c1-16(2)5-7-26(14-18-6-10-28-15-18)21(27)19-11-17(3)12-20(13-19)29-8-4-9-30-25-22(23)24/h6,10-13,15-16H,4-5,7-9,14H2,1-3H3,(H4,23,24,25). The van der Waals surface area contributed by atoms with Crippen LogP contribution in [0, 0.1) is 12.8 Å². The number of benzene rings is 1. The van der Waals surface area contributed by atoms with E-state index in [1.54, 1.807) is 18.6 Å². The van der Waals surface area contributed by atoms with Crippen LogP contribution >= 0.6 is 0 Å². The molecule has 8 nitrogen and oxygen atoms in total. The molecular weight excluding hydrogens is 384 g/mol. The minimum Gasteiger partial charge on any atom is -0.493 e. The van der Waals surface area contributed by atoms with E-state index < -0.39 is 0 Å². The quantitative estimate of drug-likeness (QED) is 0.237. The lowest BCUT2D eigenvalue weighted by molar-refractivity contribution is 0.0734. The SMILES string of the molecule is Cc1cc(OCCCON=C(N)N)cc(C(=O)N(CCC(C)C)Cc2ccoc2)c1. The monoisotopic (exact) mass is 416 g/mol. The summed E-state index contributed by atoms with van der Waals surface area (Å²) in [5.41, 5.74) is 12.9. The predicted molar refractivity (Wildman–Crippen MR) is 116 cm³/mol. The molecule has 0 unspecified atom stereocenters. The summed E-state index contributed by atoms with van der Waals surface area (Å²) in [5.74, 6) is 1.01. The number of guanidine groups is 1. The summed E-state index contributed by atoms with van der Waals surface area (Å²) in [6, 6.07) is 7.45. The number of ether oxygens (including phenoxy) is 1. The zero-order valence-corrected chi connectivity index (χ0v) is 18.0. The molecule has 0 aliphatic rings. The first-order chi connectivity index (χ1) is 14.3. The van der Waals surface area contributed by atoms with E-state index in [2.05, 4.69) is 19.0 Å². The van der Waals surface area contributed by atoms with E-state index in [9.17, 15) is 4.79 Å². The fourth-order valence-electron chi connectivity index (χ4n) is 2.84. The molecule has 1 heterocycles. The zero-order chi connectivity index (χ0) is 21.9. The Labute approximate surface area is 177 Å². The first kappa shape index (κ1) is 23.1. The average Bonchev–Trinajstić information content (AvgIpc) is 3.19. The number of nitrogens with zero attached hydrogens (tertiary/aromatic N) is 2. The number of carbonyl (C=O) groups excluding carboxylic acids is 1. The van der Waals surface area contributed by atoms with E-state index in [1.165, 1.54) is 0 Å². The molecule has 2 rings (SSSR count). The number of hydrogen-bond acceptors (Lipinski definition) is 5. The summed E-state index contributed by atoms with van der Waals surface area (Å²) in [5, 5.41) is 3.46. The molecule has 0 atom stereocenters. The molecule has 1 aromatic carbocycles. The Morgan fingerprint density at radius 2 is 2.03 bits per heavy atom. The lowest BCUT2D eigenvalue weighted by atomic mass is 10.1. The minimum absolute atomic E-state index is 0.0264. The maximum atomic E-state index is 13.2. The molecule has 1 amide bonds. The summed E-state index contributed by atoms with van der Waals surface area (Å²) in [6.45, 7) is 8.18. The molecule has 30 heavy (non-hydrogen) atoms. The Kier molecular flexibility index (Phi) is 9.05. The Balaban J connectivity index is 2.03. The van der Waals surface area contributed by atoms with Gasteiger partial charge in [-0.2, -0.15) is 0 Å². The smallest absolute Gasteiger partial charge is 0.254 e. The lowest BCUT2D eigenvalue weighted by Crippen LogP contribution is -2.32. The van der Waals surface area contributed by atoms with Crippen LogP contribution in [0.1, 0.15) is 48.2 Å². The summed E-state index contributed by atoms with van der Waals surface area (Å²) >= 11 is 0. The van der Waals surface area contributed by atoms with Crippen LogP contribution in [0.5, 0.6) is 5.75 Å². The number of furan rings is 1. The normalized spacial score (nSPS) is 10.7. The highest BCUT2D eigenvalue weighted by Crippen LogP contribution is 2.20. The van der Waals surface area contributed by atoms with Gasteiger partial charge in [0.1, 0.15) is 12.4 Å². The van der Waals surface area contributed by atoms with E-state index in [4.69, 9.17) is 25.5 Å². The molecule has 0 aliphatic carbocycles. The van der Waals surface area contributed by atoms with Gasteiger partial charge in [0.05, 0.1) is 19.1 Å². The lowest BCUT2D eigenvalue weighted by Gasteiger charge is -2.23. The molecule has 0 fully saturated rings. The third kappa shape index (κ3) is 8.06. The Hall–Kier alpha value is -3.16. The second kappa shape index (κ2) is 11.7. The highest BCUT2D eigenvalue weighted by atomic mass is 16.6. The Bertz CT molecular complexity index is 815. The van der Waals surface area contributed by atoms with Crippen molar-refractivity contribution in [1.29, 1.82) is 0 Å². The van der Waals surface area contributed by atoms with Crippen molar-refractivity contribution >= 4 is 11.9 Å². The number of nitrogens with two attached hydrogens (primary N) is 2. The highest BCUT2D eigenvalue weighted by Gasteiger charge is 2.18. The number of aryl methyl sites for hydroxylation is 1. The number of rotatable bonds is 12. The van der Waals surface area contributed by atoms with Crippen LogP contribution in [0.3, 0.4) is 0 Å². The molecular formula is C22H32N4O4. The van der Waals surface area contributed by atoms with Gasteiger partial charge in [0.15, 0.2) is 0 Å². The van der Waals surface area contributed by atoms with E-state index >= 15 is 0 Å². The Morgan fingerprint density at radius 3 is 2.70 bits per heavy atom. The van der Waals surface area contributed by atoms with Crippen LogP contribution in [0.4, 0.5) is 0 Å². The van der Waals surface area contributed by atoms with Gasteiger partial charge < -0.3 is 30.4 Å². The van der Waals surface area contributed by atoms with Crippen LogP contribution in [0.2, 0.25) is 0 Å². The van der Waals surface area contributed by atoms with Gasteiger partial charge in [0.2, 0.25) is 5.96 Å². The second-order valence-electron chi connectivity index (χ2n) is 7.63. The van der Waals surface area contributed by atoms with E-state index in [0.29, 0.717) is 50.0 Å². The van der Waals surface area contributed by atoms with Crippen molar-refractivity contribution in [2.24, 2.45) is 22.5 Å². The molecule has 0 bridgehead atoms. The van der Waals surface area contributed by atoms with Crippen molar-refractivity contribution in [3.05, 3.63) is 53.5 Å².